The number of nitrogens with zero attached hydrogens (tertiary/aromatic N) is 2. The standard InChI is InChI=1S/C21H17ClN2O/c1-25-17-12-10-15(11-13-17)21-23-19-8-4-5-9-20(19)24(21)14-16-6-2-3-7-18(16)22/h2-13H,14H2,1H3. The van der Waals surface area contributed by atoms with E-state index in [0.717, 1.165) is 38.8 Å². The molecule has 124 valence electrons. The molecule has 0 amide bonds. The molecule has 0 aliphatic heterocycles. The summed E-state index contributed by atoms with van der Waals surface area (Å²) in [7, 11) is 1.67. The van der Waals surface area contributed by atoms with Gasteiger partial charge >= 0.3 is 0 Å². The molecule has 3 aromatic carbocycles. The van der Waals surface area contributed by atoms with E-state index in [4.69, 9.17) is 21.3 Å². The minimum Gasteiger partial charge on any atom is -0.497 e. The van der Waals surface area contributed by atoms with Crippen LogP contribution < -0.4 is 4.74 Å². The molecule has 4 heteroatoms. The van der Waals surface area contributed by atoms with Crippen LogP contribution in [-0.4, -0.2) is 16.7 Å². The van der Waals surface area contributed by atoms with E-state index in [0.29, 0.717) is 6.54 Å². The van der Waals surface area contributed by atoms with E-state index in [2.05, 4.69) is 16.7 Å². The molecule has 0 spiro atoms. The number of hydrogen-bond donors (Lipinski definition) is 0. The van der Waals surface area contributed by atoms with E-state index >= 15 is 0 Å². The average molecular weight is 349 g/mol. The highest BCUT2D eigenvalue weighted by Gasteiger charge is 2.14. The zero-order valence-electron chi connectivity index (χ0n) is 13.8. The first-order valence-corrected chi connectivity index (χ1v) is 8.47. The molecular formula is C21H17ClN2O. The summed E-state index contributed by atoms with van der Waals surface area (Å²) in [6.45, 7) is 0.668. The summed E-state index contributed by atoms with van der Waals surface area (Å²) in [6, 6.07) is 24.1. The fourth-order valence-electron chi connectivity index (χ4n) is 2.99. The minimum atomic E-state index is 0.668. The molecule has 0 radical (unpaired) electrons. The summed E-state index contributed by atoms with van der Waals surface area (Å²) in [5.41, 5.74) is 4.18. The fraction of sp³-hybridized carbons (Fsp3) is 0.0952. The largest absolute Gasteiger partial charge is 0.497 e. The van der Waals surface area contributed by atoms with Crippen molar-refractivity contribution in [3.05, 3.63) is 83.4 Å². The van der Waals surface area contributed by atoms with E-state index in [1.54, 1.807) is 7.11 Å². The quantitative estimate of drug-likeness (QED) is 0.492. The van der Waals surface area contributed by atoms with Crippen LogP contribution in [0.3, 0.4) is 0 Å². The Morgan fingerprint density at radius 1 is 0.920 bits per heavy atom. The number of ether oxygens (including phenoxy) is 1. The summed E-state index contributed by atoms with van der Waals surface area (Å²) >= 11 is 6.38. The number of benzene rings is 3. The fourth-order valence-corrected chi connectivity index (χ4v) is 3.19. The van der Waals surface area contributed by atoms with Gasteiger partial charge in [0, 0.05) is 10.6 Å². The third-order valence-corrected chi connectivity index (χ3v) is 4.66. The Labute approximate surface area is 151 Å². The maximum atomic E-state index is 6.38. The zero-order valence-corrected chi connectivity index (χ0v) is 14.6. The van der Waals surface area contributed by atoms with E-state index in [1.165, 1.54) is 0 Å². The van der Waals surface area contributed by atoms with Crippen LogP contribution in [-0.2, 0) is 6.54 Å². The first kappa shape index (κ1) is 15.7. The molecule has 1 heterocycles. The van der Waals surface area contributed by atoms with Gasteiger partial charge in [0.05, 0.1) is 24.7 Å². The third-order valence-electron chi connectivity index (χ3n) is 4.29. The predicted molar refractivity (Wildman–Crippen MR) is 102 cm³/mol. The Morgan fingerprint density at radius 2 is 1.64 bits per heavy atom. The summed E-state index contributed by atoms with van der Waals surface area (Å²) in [5, 5.41) is 0.765. The van der Waals surface area contributed by atoms with Gasteiger partial charge < -0.3 is 9.30 Å². The summed E-state index contributed by atoms with van der Waals surface area (Å²) in [6.07, 6.45) is 0. The van der Waals surface area contributed by atoms with E-state index < -0.39 is 0 Å². The molecule has 0 N–H and O–H groups in total. The second kappa shape index (κ2) is 6.61. The Bertz CT molecular complexity index is 1020. The van der Waals surface area contributed by atoms with Gasteiger partial charge in [-0.2, -0.15) is 0 Å². The van der Waals surface area contributed by atoms with Crippen molar-refractivity contribution >= 4 is 22.6 Å². The monoisotopic (exact) mass is 348 g/mol. The van der Waals surface area contributed by atoms with Crippen molar-refractivity contribution in [3.63, 3.8) is 0 Å². The van der Waals surface area contributed by atoms with Crippen LogP contribution in [0.15, 0.2) is 72.8 Å². The van der Waals surface area contributed by atoms with Crippen LogP contribution in [0.5, 0.6) is 5.75 Å². The molecule has 25 heavy (non-hydrogen) atoms. The number of aromatic nitrogens is 2. The Morgan fingerprint density at radius 3 is 2.40 bits per heavy atom. The number of hydrogen-bond acceptors (Lipinski definition) is 2. The van der Waals surface area contributed by atoms with Crippen LogP contribution in [0.4, 0.5) is 0 Å². The summed E-state index contributed by atoms with van der Waals surface area (Å²) < 4.78 is 7.47. The van der Waals surface area contributed by atoms with Gasteiger partial charge in [0.15, 0.2) is 0 Å². The first-order chi connectivity index (χ1) is 12.3. The van der Waals surface area contributed by atoms with Gasteiger partial charge in [-0.15, -0.1) is 0 Å². The molecule has 4 aromatic rings. The molecule has 0 bridgehead atoms. The molecule has 0 atom stereocenters. The van der Waals surface area contributed by atoms with Gasteiger partial charge in [0.1, 0.15) is 11.6 Å². The number of methoxy groups -OCH3 is 1. The highest BCUT2D eigenvalue weighted by molar-refractivity contribution is 6.31. The molecule has 0 aliphatic carbocycles. The minimum absolute atomic E-state index is 0.668. The number of fused-ring (bicyclic) bond motifs is 1. The molecule has 0 unspecified atom stereocenters. The second-order valence-electron chi connectivity index (χ2n) is 5.83. The van der Waals surface area contributed by atoms with Crippen molar-refractivity contribution in [3.8, 4) is 17.1 Å². The zero-order chi connectivity index (χ0) is 17.2. The lowest BCUT2D eigenvalue weighted by molar-refractivity contribution is 0.415. The second-order valence-corrected chi connectivity index (χ2v) is 6.24. The van der Waals surface area contributed by atoms with Gasteiger partial charge in [-0.1, -0.05) is 41.9 Å². The molecule has 3 nitrogen and oxygen atoms in total. The molecule has 4 rings (SSSR count). The smallest absolute Gasteiger partial charge is 0.141 e. The van der Waals surface area contributed by atoms with Crippen LogP contribution >= 0.6 is 11.6 Å². The van der Waals surface area contributed by atoms with E-state index in [1.807, 2.05) is 60.7 Å². The van der Waals surface area contributed by atoms with Crippen molar-refractivity contribution in [1.82, 2.24) is 9.55 Å². The molecular weight excluding hydrogens is 332 g/mol. The van der Waals surface area contributed by atoms with Crippen molar-refractivity contribution in [2.24, 2.45) is 0 Å². The first-order valence-electron chi connectivity index (χ1n) is 8.09. The Balaban J connectivity index is 1.87. The highest BCUT2D eigenvalue weighted by atomic mass is 35.5. The summed E-state index contributed by atoms with van der Waals surface area (Å²) in [4.78, 5) is 4.84. The number of imidazole rings is 1. The lowest BCUT2D eigenvalue weighted by Gasteiger charge is -2.11. The predicted octanol–water partition coefficient (Wildman–Crippen LogP) is 5.41. The van der Waals surface area contributed by atoms with Crippen molar-refractivity contribution < 1.29 is 4.74 Å². The number of halogens is 1. The highest BCUT2D eigenvalue weighted by Crippen LogP contribution is 2.28. The van der Waals surface area contributed by atoms with Gasteiger partial charge in [0.25, 0.3) is 0 Å². The Kier molecular flexibility index (Phi) is 4.16. The van der Waals surface area contributed by atoms with Gasteiger partial charge in [-0.3, -0.25) is 0 Å². The molecule has 0 fully saturated rings. The lowest BCUT2D eigenvalue weighted by atomic mass is 10.2. The van der Waals surface area contributed by atoms with Crippen molar-refractivity contribution in [2.45, 2.75) is 6.54 Å². The average Bonchev–Trinajstić information content (AvgIpc) is 3.02. The molecule has 0 saturated carbocycles. The Hall–Kier alpha value is -2.78. The van der Waals surface area contributed by atoms with Gasteiger partial charge in [0.2, 0.25) is 0 Å². The number of para-hydroxylation sites is 2. The number of rotatable bonds is 4. The van der Waals surface area contributed by atoms with E-state index in [9.17, 15) is 0 Å². The SMILES string of the molecule is COc1ccc(-c2nc3ccccc3n2Cc2ccccc2Cl)cc1. The van der Waals surface area contributed by atoms with Crippen LogP contribution in [0, 0.1) is 0 Å². The molecule has 0 saturated heterocycles. The maximum Gasteiger partial charge on any atom is 0.141 e. The van der Waals surface area contributed by atoms with Gasteiger partial charge in [-0.25, -0.2) is 4.98 Å². The summed E-state index contributed by atoms with van der Waals surface area (Å²) in [5.74, 6) is 1.75. The van der Waals surface area contributed by atoms with Crippen LogP contribution in [0.2, 0.25) is 5.02 Å². The van der Waals surface area contributed by atoms with Crippen molar-refractivity contribution in [2.75, 3.05) is 7.11 Å². The van der Waals surface area contributed by atoms with Gasteiger partial charge in [-0.05, 0) is 48.0 Å². The topological polar surface area (TPSA) is 27.1 Å². The van der Waals surface area contributed by atoms with E-state index in [-0.39, 0.29) is 0 Å². The molecule has 1 aromatic heterocycles. The van der Waals surface area contributed by atoms with Crippen LogP contribution in [0.1, 0.15) is 5.56 Å². The normalized spacial score (nSPS) is 11.0. The maximum absolute atomic E-state index is 6.38. The van der Waals surface area contributed by atoms with Crippen molar-refractivity contribution in [1.29, 1.82) is 0 Å². The third kappa shape index (κ3) is 2.99. The lowest BCUT2D eigenvalue weighted by Crippen LogP contribution is -2.02. The van der Waals surface area contributed by atoms with Crippen LogP contribution in [0.25, 0.3) is 22.4 Å². The molecule has 0 aliphatic rings.